The largest absolute Gasteiger partial charge is 0.345 e. The second-order valence-electron chi connectivity index (χ2n) is 6.87. The third kappa shape index (κ3) is 4.79. The molecule has 4 nitrogen and oxygen atoms in total. The van der Waals surface area contributed by atoms with Crippen molar-refractivity contribution in [3.63, 3.8) is 0 Å². The Morgan fingerprint density at radius 3 is 2.38 bits per heavy atom. The lowest BCUT2D eigenvalue weighted by molar-refractivity contribution is -0.116. The van der Waals surface area contributed by atoms with Crippen LogP contribution in [0.1, 0.15) is 17.0 Å². The molecule has 3 aromatic carbocycles. The molecule has 1 heterocycles. The molecule has 4 heteroatoms. The van der Waals surface area contributed by atoms with Crippen LogP contribution in [0.25, 0.3) is 17.1 Å². The normalized spacial score (nSPS) is 11.2. The van der Waals surface area contributed by atoms with Gasteiger partial charge in [-0.05, 0) is 35.8 Å². The highest BCUT2D eigenvalue weighted by Crippen LogP contribution is 2.17. The van der Waals surface area contributed by atoms with Crippen molar-refractivity contribution < 1.29 is 4.79 Å². The van der Waals surface area contributed by atoms with Gasteiger partial charge >= 0.3 is 0 Å². The summed E-state index contributed by atoms with van der Waals surface area (Å²) in [6.45, 7) is 1.21. The number of aryl methyl sites for hydroxylation is 2. The van der Waals surface area contributed by atoms with Crippen molar-refractivity contribution >= 4 is 23.0 Å². The van der Waals surface area contributed by atoms with Gasteiger partial charge in [0, 0.05) is 12.6 Å². The van der Waals surface area contributed by atoms with Gasteiger partial charge in [-0.2, -0.15) is 0 Å². The highest BCUT2D eigenvalue weighted by Gasteiger charge is 2.11. The van der Waals surface area contributed by atoms with Crippen LogP contribution in [0.15, 0.2) is 91.0 Å². The number of hydrogen-bond acceptors (Lipinski definition) is 2. The zero-order valence-electron chi connectivity index (χ0n) is 16.2. The SMILES string of the molecule is O=C(/C=C/c1ccccc1)NCc1nc2ccccc2n1CCc1ccccc1. The third-order valence-corrected chi connectivity index (χ3v) is 4.85. The van der Waals surface area contributed by atoms with Crippen molar-refractivity contribution in [2.24, 2.45) is 0 Å². The number of para-hydroxylation sites is 2. The molecule has 1 aromatic heterocycles. The molecule has 0 saturated heterocycles. The van der Waals surface area contributed by atoms with E-state index in [2.05, 4.69) is 40.2 Å². The van der Waals surface area contributed by atoms with E-state index in [1.807, 2.05) is 60.7 Å². The summed E-state index contributed by atoms with van der Waals surface area (Å²) >= 11 is 0. The Hall–Kier alpha value is -3.66. The highest BCUT2D eigenvalue weighted by molar-refractivity contribution is 5.91. The highest BCUT2D eigenvalue weighted by atomic mass is 16.1. The zero-order valence-corrected chi connectivity index (χ0v) is 16.2. The Kier molecular flexibility index (Phi) is 5.81. The summed E-state index contributed by atoms with van der Waals surface area (Å²) in [5.74, 6) is 0.735. The van der Waals surface area contributed by atoms with Crippen LogP contribution in [0.4, 0.5) is 0 Å². The number of imidazole rings is 1. The molecule has 4 aromatic rings. The number of carbonyl (C=O) groups excluding carboxylic acids is 1. The van der Waals surface area contributed by atoms with Crippen LogP contribution in [0.3, 0.4) is 0 Å². The molecule has 1 N–H and O–H groups in total. The van der Waals surface area contributed by atoms with E-state index < -0.39 is 0 Å². The monoisotopic (exact) mass is 381 g/mol. The molecule has 0 aliphatic carbocycles. The first kappa shape index (κ1) is 18.7. The number of carbonyl (C=O) groups is 1. The quantitative estimate of drug-likeness (QED) is 0.475. The van der Waals surface area contributed by atoms with Gasteiger partial charge in [0.1, 0.15) is 5.82 Å². The fourth-order valence-electron chi connectivity index (χ4n) is 3.36. The topological polar surface area (TPSA) is 46.9 Å². The van der Waals surface area contributed by atoms with Gasteiger partial charge in [-0.15, -0.1) is 0 Å². The predicted octanol–water partition coefficient (Wildman–Crippen LogP) is 4.61. The van der Waals surface area contributed by atoms with E-state index in [9.17, 15) is 4.79 Å². The number of benzene rings is 3. The van der Waals surface area contributed by atoms with Gasteiger partial charge in [0.05, 0.1) is 17.6 Å². The second-order valence-corrected chi connectivity index (χ2v) is 6.87. The number of nitrogens with one attached hydrogen (secondary N) is 1. The first-order valence-electron chi connectivity index (χ1n) is 9.78. The summed E-state index contributed by atoms with van der Waals surface area (Å²) in [6.07, 6.45) is 4.29. The summed E-state index contributed by atoms with van der Waals surface area (Å²) in [4.78, 5) is 17.0. The maximum absolute atomic E-state index is 12.3. The van der Waals surface area contributed by atoms with Crippen LogP contribution in [0, 0.1) is 0 Å². The summed E-state index contributed by atoms with van der Waals surface area (Å²) in [5.41, 5.74) is 4.32. The molecule has 0 aliphatic heterocycles. The van der Waals surface area contributed by atoms with E-state index in [-0.39, 0.29) is 5.91 Å². The van der Waals surface area contributed by atoms with Crippen LogP contribution in [-0.4, -0.2) is 15.5 Å². The Morgan fingerprint density at radius 2 is 1.59 bits per heavy atom. The number of amides is 1. The van der Waals surface area contributed by atoms with Gasteiger partial charge in [0.2, 0.25) is 5.91 Å². The third-order valence-electron chi connectivity index (χ3n) is 4.85. The molecule has 4 rings (SSSR count). The smallest absolute Gasteiger partial charge is 0.244 e. The van der Waals surface area contributed by atoms with E-state index in [1.54, 1.807) is 6.08 Å². The number of hydrogen-bond donors (Lipinski definition) is 1. The average molecular weight is 381 g/mol. The van der Waals surface area contributed by atoms with Gasteiger partial charge in [-0.1, -0.05) is 72.8 Å². The molecule has 0 radical (unpaired) electrons. The van der Waals surface area contributed by atoms with E-state index >= 15 is 0 Å². The first-order chi connectivity index (χ1) is 14.3. The van der Waals surface area contributed by atoms with Crippen molar-refractivity contribution in [2.75, 3.05) is 0 Å². The van der Waals surface area contributed by atoms with Crippen molar-refractivity contribution in [2.45, 2.75) is 19.5 Å². The Labute approximate surface area is 170 Å². The molecule has 0 unspecified atom stereocenters. The Balaban J connectivity index is 1.47. The van der Waals surface area contributed by atoms with Gasteiger partial charge in [-0.25, -0.2) is 4.98 Å². The lowest BCUT2D eigenvalue weighted by atomic mass is 10.1. The molecule has 1 amide bonds. The van der Waals surface area contributed by atoms with E-state index in [4.69, 9.17) is 4.98 Å². The minimum Gasteiger partial charge on any atom is -0.345 e. The maximum atomic E-state index is 12.3. The van der Waals surface area contributed by atoms with Crippen molar-refractivity contribution in [3.8, 4) is 0 Å². The second kappa shape index (κ2) is 9.02. The van der Waals surface area contributed by atoms with Crippen LogP contribution in [0.5, 0.6) is 0 Å². The van der Waals surface area contributed by atoms with Crippen molar-refractivity contribution in [1.29, 1.82) is 0 Å². The Morgan fingerprint density at radius 1 is 0.897 bits per heavy atom. The molecule has 0 fully saturated rings. The van der Waals surface area contributed by atoms with Crippen molar-refractivity contribution in [1.82, 2.24) is 14.9 Å². The lowest BCUT2D eigenvalue weighted by Crippen LogP contribution is -2.23. The lowest BCUT2D eigenvalue weighted by Gasteiger charge is -2.10. The molecule has 0 aliphatic rings. The molecule has 29 heavy (non-hydrogen) atoms. The number of rotatable bonds is 7. The van der Waals surface area contributed by atoms with Crippen LogP contribution in [0.2, 0.25) is 0 Å². The van der Waals surface area contributed by atoms with E-state index in [0.29, 0.717) is 6.54 Å². The number of fused-ring (bicyclic) bond motifs is 1. The summed E-state index contributed by atoms with van der Waals surface area (Å²) < 4.78 is 2.20. The average Bonchev–Trinajstić information content (AvgIpc) is 3.14. The zero-order chi connectivity index (χ0) is 19.9. The minimum atomic E-state index is -0.129. The molecular weight excluding hydrogens is 358 g/mol. The molecule has 0 bridgehead atoms. The fraction of sp³-hybridized carbons (Fsp3) is 0.120. The first-order valence-corrected chi connectivity index (χ1v) is 9.78. The van der Waals surface area contributed by atoms with E-state index in [1.165, 1.54) is 5.56 Å². The molecule has 0 atom stereocenters. The van der Waals surface area contributed by atoms with Gasteiger partial charge in [0.15, 0.2) is 0 Å². The summed E-state index contributed by atoms with van der Waals surface area (Å²) in [5, 5.41) is 2.96. The minimum absolute atomic E-state index is 0.129. The fourth-order valence-corrected chi connectivity index (χ4v) is 3.36. The number of nitrogens with zero attached hydrogens (tertiary/aromatic N) is 2. The maximum Gasteiger partial charge on any atom is 0.244 e. The van der Waals surface area contributed by atoms with Crippen LogP contribution in [-0.2, 0) is 24.3 Å². The summed E-state index contributed by atoms with van der Waals surface area (Å²) in [7, 11) is 0. The molecule has 0 saturated carbocycles. The Bertz CT molecular complexity index is 1110. The predicted molar refractivity (Wildman–Crippen MR) is 117 cm³/mol. The van der Waals surface area contributed by atoms with Crippen LogP contribution < -0.4 is 5.32 Å². The van der Waals surface area contributed by atoms with Gasteiger partial charge in [-0.3, -0.25) is 4.79 Å². The summed E-state index contributed by atoms with van der Waals surface area (Å²) in [6, 6.07) is 28.3. The standard InChI is InChI=1S/C25H23N3O/c29-25(16-15-20-9-3-1-4-10-20)26-19-24-27-22-13-7-8-14-23(22)28(24)18-17-21-11-5-2-6-12-21/h1-16H,17-19H2,(H,26,29)/b16-15+. The van der Waals surface area contributed by atoms with Crippen molar-refractivity contribution in [3.05, 3.63) is 108 Å². The molecule has 144 valence electrons. The molecule has 0 spiro atoms. The molecular formula is C25H23N3O. The van der Waals surface area contributed by atoms with Gasteiger partial charge < -0.3 is 9.88 Å². The van der Waals surface area contributed by atoms with Crippen LogP contribution >= 0.6 is 0 Å². The number of aromatic nitrogens is 2. The van der Waals surface area contributed by atoms with E-state index in [0.717, 1.165) is 35.4 Å². The van der Waals surface area contributed by atoms with Gasteiger partial charge in [0.25, 0.3) is 0 Å².